The first-order chi connectivity index (χ1) is 13.6. The van der Waals surface area contributed by atoms with Gasteiger partial charge in [0.2, 0.25) is 0 Å². The minimum Gasteiger partial charge on any atom is -0.349 e. The van der Waals surface area contributed by atoms with Gasteiger partial charge < -0.3 is 10.2 Å². The highest BCUT2D eigenvalue weighted by molar-refractivity contribution is 6.35. The van der Waals surface area contributed by atoms with Crippen LogP contribution in [0.5, 0.6) is 0 Å². The van der Waals surface area contributed by atoms with Crippen LogP contribution in [0.4, 0.5) is 13.2 Å². The van der Waals surface area contributed by atoms with Gasteiger partial charge in [0.15, 0.2) is 0 Å². The summed E-state index contributed by atoms with van der Waals surface area (Å²) in [6, 6.07) is 8.57. The number of benzene rings is 2. The third-order valence-corrected chi connectivity index (χ3v) is 5.32. The summed E-state index contributed by atoms with van der Waals surface area (Å²) in [6.07, 6.45) is -3.40. The van der Waals surface area contributed by atoms with Crippen molar-refractivity contribution in [1.82, 2.24) is 10.2 Å². The fourth-order valence-corrected chi connectivity index (χ4v) is 3.51. The molecule has 2 aromatic carbocycles. The van der Waals surface area contributed by atoms with Gasteiger partial charge in [-0.3, -0.25) is 9.59 Å². The van der Waals surface area contributed by atoms with Crippen LogP contribution in [-0.2, 0) is 6.18 Å². The Morgan fingerprint density at radius 3 is 2.21 bits per heavy atom. The molecule has 0 aliphatic carbocycles. The standard InChI is InChI=1S/C20H17Cl2F3N2O2/c21-14-5-6-17(22)16(11-14)19(29)27-9-7-15(8-10-27)26-18(28)12-1-3-13(4-2-12)20(23,24)25/h1-6,11,15H,7-10H2,(H,26,28). The van der Waals surface area contributed by atoms with Gasteiger partial charge in [-0.15, -0.1) is 0 Å². The molecular weight excluding hydrogens is 428 g/mol. The van der Waals surface area contributed by atoms with E-state index in [0.29, 0.717) is 41.5 Å². The summed E-state index contributed by atoms with van der Waals surface area (Å²) in [5.41, 5.74) is -0.325. The normalized spacial score (nSPS) is 15.3. The van der Waals surface area contributed by atoms with Gasteiger partial charge in [0.05, 0.1) is 16.1 Å². The number of amides is 2. The molecule has 154 valence electrons. The molecule has 9 heteroatoms. The van der Waals surface area contributed by atoms with Crippen molar-refractivity contribution in [3.63, 3.8) is 0 Å². The van der Waals surface area contributed by atoms with Crippen molar-refractivity contribution in [1.29, 1.82) is 0 Å². The Morgan fingerprint density at radius 2 is 1.62 bits per heavy atom. The largest absolute Gasteiger partial charge is 0.416 e. The summed E-state index contributed by atoms with van der Waals surface area (Å²) < 4.78 is 37.8. The zero-order chi connectivity index (χ0) is 21.2. The van der Waals surface area contributed by atoms with Crippen LogP contribution in [0, 0.1) is 0 Å². The number of hydrogen-bond acceptors (Lipinski definition) is 2. The van der Waals surface area contributed by atoms with Crippen LogP contribution in [-0.4, -0.2) is 35.8 Å². The maximum absolute atomic E-state index is 12.6. The number of rotatable bonds is 3. The lowest BCUT2D eigenvalue weighted by Gasteiger charge is -2.32. The average Bonchev–Trinajstić information content (AvgIpc) is 2.69. The molecular formula is C20H17Cl2F3N2O2. The Bertz CT molecular complexity index is 909. The van der Waals surface area contributed by atoms with E-state index in [1.165, 1.54) is 6.07 Å². The van der Waals surface area contributed by atoms with Crippen molar-refractivity contribution in [2.75, 3.05) is 13.1 Å². The number of carbonyl (C=O) groups is 2. The molecule has 0 spiro atoms. The zero-order valence-electron chi connectivity index (χ0n) is 15.1. The molecule has 1 heterocycles. The molecule has 0 saturated carbocycles. The van der Waals surface area contributed by atoms with Gasteiger partial charge in [0.1, 0.15) is 0 Å². The topological polar surface area (TPSA) is 49.4 Å². The molecule has 0 unspecified atom stereocenters. The highest BCUT2D eigenvalue weighted by atomic mass is 35.5. The van der Waals surface area contributed by atoms with Crippen LogP contribution in [0.2, 0.25) is 10.0 Å². The Labute approximate surface area is 175 Å². The van der Waals surface area contributed by atoms with E-state index in [1.54, 1.807) is 17.0 Å². The number of halogens is 5. The van der Waals surface area contributed by atoms with E-state index >= 15 is 0 Å². The third kappa shape index (κ3) is 5.22. The molecule has 1 aliphatic heterocycles. The predicted octanol–water partition coefficient (Wildman–Crippen LogP) is 5.05. The van der Waals surface area contributed by atoms with E-state index in [2.05, 4.69) is 5.32 Å². The minimum atomic E-state index is -4.44. The summed E-state index contributed by atoms with van der Waals surface area (Å²) in [5, 5.41) is 3.54. The van der Waals surface area contributed by atoms with Crippen molar-refractivity contribution >= 4 is 35.0 Å². The summed E-state index contributed by atoms with van der Waals surface area (Å²) in [7, 11) is 0. The fraction of sp³-hybridized carbons (Fsp3) is 0.300. The lowest BCUT2D eigenvalue weighted by Crippen LogP contribution is -2.46. The van der Waals surface area contributed by atoms with Crippen LogP contribution < -0.4 is 5.32 Å². The molecule has 29 heavy (non-hydrogen) atoms. The second-order valence-corrected chi connectivity index (χ2v) is 7.58. The van der Waals surface area contributed by atoms with Crippen molar-refractivity contribution < 1.29 is 22.8 Å². The first kappa shape index (κ1) is 21.5. The van der Waals surface area contributed by atoms with E-state index in [-0.39, 0.29) is 17.5 Å². The predicted molar refractivity (Wildman–Crippen MR) is 104 cm³/mol. The maximum atomic E-state index is 12.6. The summed E-state index contributed by atoms with van der Waals surface area (Å²) in [6.45, 7) is 0.833. The number of carbonyl (C=O) groups excluding carboxylic acids is 2. The van der Waals surface area contributed by atoms with E-state index in [4.69, 9.17) is 23.2 Å². The Kier molecular flexibility index (Phi) is 6.39. The molecule has 1 saturated heterocycles. The van der Waals surface area contributed by atoms with Crippen molar-refractivity contribution in [2.24, 2.45) is 0 Å². The molecule has 0 aromatic heterocycles. The molecule has 2 amide bonds. The fourth-order valence-electron chi connectivity index (χ4n) is 3.14. The average molecular weight is 445 g/mol. The molecule has 1 fully saturated rings. The molecule has 1 aliphatic rings. The Hall–Kier alpha value is -2.25. The van der Waals surface area contributed by atoms with Gasteiger partial charge in [0, 0.05) is 29.7 Å². The zero-order valence-corrected chi connectivity index (χ0v) is 16.6. The highest BCUT2D eigenvalue weighted by Crippen LogP contribution is 2.29. The second kappa shape index (κ2) is 8.63. The molecule has 0 radical (unpaired) electrons. The van der Waals surface area contributed by atoms with Crippen LogP contribution in [0.1, 0.15) is 39.1 Å². The highest BCUT2D eigenvalue weighted by Gasteiger charge is 2.30. The summed E-state index contributed by atoms with van der Waals surface area (Å²) in [5.74, 6) is -0.675. The molecule has 0 bridgehead atoms. The van der Waals surface area contributed by atoms with Crippen LogP contribution in [0.3, 0.4) is 0 Å². The smallest absolute Gasteiger partial charge is 0.349 e. The lowest BCUT2D eigenvalue weighted by atomic mass is 10.0. The van der Waals surface area contributed by atoms with Crippen LogP contribution in [0.15, 0.2) is 42.5 Å². The first-order valence-corrected chi connectivity index (χ1v) is 9.63. The van der Waals surface area contributed by atoms with E-state index in [1.807, 2.05) is 0 Å². The minimum absolute atomic E-state index is 0.155. The number of hydrogen-bond donors (Lipinski definition) is 1. The van der Waals surface area contributed by atoms with Gasteiger partial charge in [-0.25, -0.2) is 0 Å². The molecule has 2 aromatic rings. The number of nitrogens with zero attached hydrogens (tertiary/aromatic N) is 1. The van der Waals surface area contributed by atoms with Gasteiger partial charge in [0.25, 0.3) is 11.8 Å². The van der Waals surface area contributed by atoms with Gasteiger partial charge in [-0.05, 0) is 55.3 Å². The van der Waals surface area contributed by atoms with Gasteiger partial charge in [-0.1, -0.05) is 23.2 Å². The summed E-state index contributed by atoms with van der Waals surface area (Å²) >= 11 is 12.0. The molecule has 4 nitrogen and oxygen atoms in total. The first-order valence-electron chi connectivity index (χ1n) is 8.87. The molecule has 3 rings (SSSR count). The number of alkyl halides is 3. The van der Waals surface area contributed by atoms with Gasteiger partial charge >= 0.3 is 6.18 Å². The van der Waals surface area contributed by atoms with Crippen molar-refractivity contribution in [2.45, 2.75) is 25.1 Å². The maximum Gasteiger partial charge on any atom is 0.416 e. The van der Waals surface area contributed by atoms with E-state index in [9.17, 15) is 22.8 Å². The monoisotopic (exact) mass is 444 g/mol. The number of piperidine rings is 1. The number of nitrogens with one attached hydrogen (secondary N) is 1. The Morgan fingerprint density at radius 1 is 1.00 bits per heavy atom. The number of likely N-dealkylation sites (tertiary alicyclic amines) is 1. The summed E-state index contributed by atoms with van der Waals surface area (Å²) in [4.78, 5) is 26.6. The van der Waals surface area contributed by atoms with Crippen LogP contribution in [0.25, 0.3) is 0 Å². The van der Waals surface area contributed by atoms with Crippen molar-refractivity contribution in [3.8, 4) is 0 Å². The lowest BCUT2D eigenvalue weighted by molar-refractivity contribution is -0.137. The molecule has 1 N–H and O–H groups in total. The second-order valence-electron chi connectivity index (χ2n) is 6.74. The SMILES string of the molecule is O=C(NC1CCN(C(=O)c2cc(Cl)ccc2Cl)CC1)c1ccc(C(F)(F)F)cc1. The van der Waals surface area contributed by atoms with Gasteiger partial charge in [-0.2, -0.15) is 13.2 Å². The Balaban J connectivity index is 1.56. The quantitative estimate of drug-likeness (QED) is 0.720. The van der Waals surface area contributed by atoms with Crippen molar-refractivity contribution in [3.05, 3.63) is 69.2 Å². The molecule has 0 atom stereocenters. The third-order valence-electron chi connectivity index (χ3n) is 4.75. The van der Waals surface area contributed by atoms with E-state index < -0.39 is 17.6 Å². The van der Waals surface area contributed by atoms with E-state index in [0.717, 1.165) is 24.3 Å². The van der Waals surface area contributed by atoms with Crippen LogP contribution >= 0.6 is 23.2 Å².